The number of aromatic hydroxyl groups is 1. The predicted octanol–water partition coefficient (Wildman–Crippen LogP) is 1.06. The number of ether oxygens (including phenoxy) is 1. The largest absolute Gasteiger partial charge is 0.508 e. The molecule has 18 heavy (non-hydrogen) atoms. The summed E-state index contributed by atoms with van der Waals surface area (Å²) in [7, 11) is 1.53. The van der Waals surface area contributed by atoms with Crippen LogP contribution < -0.4 is 5.32 Å². The first-order chi connectivity index (χ1) is 8.67. The number of hydrogen-bond acceptors (Lipinski definition) is 4. The van der Waals surface area contributed by atoms with E-state index in [4.69, 9.17) is 10.00 Å². The highest BCUT2D eigenvalue weighted by Gasteiger charge is 2.08. The minimum atomic E-state index is -0.460. The molecule has 1 aromatic carbocycles. The van der Waals surface area contributed by atoms with Crippen LogP contribution >= 0.6 is 0 Å². The van der Waals surface area contributed by atoms with E-state index in [9.17, 15) is 9.90 Å². The van der Waals surface area contributed by atoms with Gasteiger partial charge in [-0.1, -0.05) is 12.1 Å². The zero-order chi connectivity index (χ0) is 13.4. The second-order valence-corrected chi connectivity index (χ2v) is 3.51. The maximum atomic E-state index is 11.6. The molecule has 5 nitrogen and oxygen atoms in total. The lowest BCUT2D eigenvalue weighted by atomic mass is 10.1. The highest BCUT2D eigenvalue weighted by Crippen LogP contribution is 2.13. The van der Waals surface area contributed by atoms with E-state index < -0.39 is 5.91 Å². The van der Waals surface area contributed by atoms with Gasteiger partial charge in [0.25, 0.3) is 5.91 Å². The van der Waals surface area contributed by atoms with Gasteiger partial charge >= 0.3 is 0 Å². The van der Waals surface area contributed by atoms with Crippen molar-refractivity contribution in [3.63, 3.8) is 0 Å². The summed E-state index contributed by atoms with van der Waals surface area (Å²) in [6, 6.07) is 8.14. The van der Waals surface area contributed by atoms with Gasteiger partial charge in [-0.15, -0.1) is 0 Å². The van der Waals surface area contributed by atoms with Crippen molar-refractivity contribution in [2.45, 2.75) is 0 Å². The fourth-order valence-corrected chi connectivity index (χ4v) is 1.29. The average Bonchev–Trinajstić information content (AvgIpc) is 2.36. The average molecular weight is 246 g/mol. The summed E-state index contributed by atoms with van der Waals surface area (Å²) >= 11 is 0. The van der Waals surface area contributed by atoms with E-state index in [1.807, 2.05) is 6.07 Å². The van der Waals surface area contributed by atoms with Crippen molar-refractivity contribution in [3.8, 4) is 11.8 Å². The van der Waals surface area contributed by atoms with Crippen LogP contribution in [0.25, 0.3) is 6.08 Å². The second kappa shape index (κ2) is 7.09. The Morgan fingerprint density at radius 3 is 3.00 bits per heavy atom. The van der Waals surface area contributed by atoms with Gasteiger partial charge in [-0.25, -0.2) is 0 Å². The topological polar surface area (TPSA) is 82.3 Å². The smallest absolute Gasteiger partial charge is 0.262 e. The van der Waals surface area contributed by atoms with Crippen LogP contribution in [0.2, 0.25) is 0 Å². The van der Waals surface area contributed by atoms with E-state index in [-0.39, 0.29) is 11.3 Å². The molecular weight excluding hydrogens is 232 g/mol. The van der Waals surface area contributed by atoms with Crippen LogP contribution in [-0.4, -0.2) is 31.3 Å². The van der Waals surface area contributed by atoms with Gasteiger partial charge in [0.2, 0.25) is 0 Å². The molecule has 0 saturated carbocycles. The van der Waals surface area contributed by atoms with Crippen LogP contribution in [0.4, 0.5) is 0 Å². The number of amides is 1. The fraction of sp³-hybridized carbons (Fsp3) is 0.231. The van der Waals surface area contributed by atoms with Crippen molar-refractivity contribution in [1.29, 1.82) is 5.26 Å². The quantitative estimate of drug-likeness (QED) is 0.462. The molecule has 0 unspecified atom stereocenters. The third kappa shape index (κ3) is 4.28. The molecular formula is C13H14N2O3. The molecule has 0 aliphatic carbocycles. The number of phenols is 1. The minimum absolute atomic E-state index is 0.0169. The predicted molar refractivity (Wildman–Crippen MR) is 66.6 cm³/mol. The Hall–Kier alpha value is -2.32. The van der Waals surface area contributed by atoms with Crippen molar-refractivity contribution >= 4 is 12.0 Å². The van der Waals surface area contributed by atoms with Crippen LogP contribution in [0.3, 0.4) is 0 Å². The number of hydrogen-bond donors (Lipinski definition) is 2. The SMILES string of the molecule is COCCNC(=O)/C(C#N)=C/c1cccc(O)c1. The van der Waals surface area contributed by atoms with Gasteiger partial charge in [-0.05, 0) is 23.8 Å². The zero-order valence-corrected chi connectivity index (χ0v) is 10.0. The molecule has 0 radical (unpaired) electrons. The van der Waals surface area contributed by atoms with E-state index in [2.05, 4.69) is 5.32 Å². The van der Waals surface area contributed by atoms with E-state index in [1.54, 1.807) is 12.1 Å². The Labute approximate surface area is 105 Å². The molecule has 0 bridgehead atoms. The molecule has 0 aliphatic heterocycles. The van der Waals surface area contributed by atoms with Crippen molar-refractivity contribution in [3.05, 3.63) is 35.4 Å². The summed E-state index contributed by atoms with van der Waals surface area (Å²) in [6.45, 7) is 0.727. The van der Waals surface area contributed by atoms with E-state index in [0.29, 0.717) is 18.7 Å². The summed E-state index contributed by atoms with van der Waals surface area (Å²) in [5.74, 6) is -0.376. The third-order valence-corrected chi connectivity index (χ3v) is 2.14. The number of carbonyl (C=O) groups is 1. The summed E-state index contributed by atoms with van der Waals surface area (Å²) < 4.78 is 4.79. The number of nitrogens with one attached hydrogen (secondary N) is 1. The molecule has 1 rings (SSSR count). The summed E-state index contributed by atoms with van der Waals surface area (Å²) in [5.41, 5.74) is 0.574. The zero-order valence-electron chi connectivity index (χ0n) is 10.0. The van der Waals surface area contributed by atoms with Crippen molar-refractivity contribution in [2.75, 3.05) is 20.3 Å². The van der Waals surface area contributed by atoms with Crippen molar-refractivity contribution in [1.82, 2.24) is 5.32 Å². The maximum absolute atomic E-state index is 11.6. The van der Waals surface area contributed by atoms with E-state index in [0.717, 1.165) is 0 Å². The Balaban J connectivity index is 2.77. The Morgan fingerprint density at radius 1 is 1.61 bits per heavy atom. The molecule has 5 heteroatoms. The van der Waals surface area contributed by atoms with Gasteiger partial charge in [0, 0.05) is 13.7 Å². The minimum Gasteiger partial charge on any atom is -0.508 e. The lowest BCUT2D eigenvalue weighted by Gasteiger charge is -2.03. The first kappa shape index (κ1) is 13.7. The van der Waals surface area contributed by atoms with Gasteiger partial charge < -0.3 is 15.2 Å². The molecule has 2 N–H and O–H groups in total. The fourth-order valence-electron chi connectivity index (χ4n) is 1.29. The van der Waals surface area contributed by atoms with Gasteiger partial charge in [-0.2, -0.15) is 5.26 Å². The van der Waals surface area contributed by atoms with E-state index in [1.165, 1.54) is 25.3 Å². The maximum Gasteiger partial charge on any atom is 0.262 e. The number of benzene rings is 1. The normalized spacial score (nSPS) is 10.8. The molecule has 1 aromatic rings. The molecule has 0 aromatic heterocycles. The van der Waals surface area contributed by atoms with Gasteiger partial charge in [0.05, 0.1) is 6.61 Å². The third-order valence-electron chi connectivity index (χ3n) is 2.14. The molecule has 1 amide bonds. The summed E-state index contributed by atoms with van der Waals surface area (Å²) in [6.07, 6.45) is 1.42. The molecule has 0 fully saturated rings. The Kier molecular flexibility index (Phi) is 5.42. The first-order valence-electron chi connectivity index (χ1n) is 5.35. The molecule has 94 valence electrons. The number of phenolic OH excluding ortho intramolecular Hbond substituents is 1. The molecule has 0 atom stereocenters. The van der Waals surface area contributed by atoms with Crippen LogP contribution in [0, 0.1) is 11.3 Å². The number of carbonyl (C=O) groups excluding carboxylic acids is 1. The Bertz CT molecular complexity index is 489. The number of nitriles is 1. The highest BCUT2D eigenvalue weighted by atomic mass is 16.5. The van der Waals surface area contributed by atoms with Crippen LogP contribution in [0.15, 0.2) is 29.8 Å². The van der Waals surface area contributed by atoms with Crippen molar-refractivity contribution in [2.24, 2.45) is 0 Å². The van der Waals surface area contributed by atoms with Gasteiger partial charge in [-0.3, -0.25) is 4.79 Å². The number of nitrogens with zero attached hydrogens (tertiary/aromatic N) is 1. The Morgan fingerprint density at radius 2 is 2.39 bits per heavy atom. The molecule has 0 aliphatic rings. The molecule has 0 spiro atoms. The van der Waals surface area contributed by atoms with E-state index >= 15 is 0 Å². The summed E-state index contributed by atoms with van der Waals surface area (Å²) in [4.78, 5) is 11.6. The van der Waals surface area contributed by atoms with Crippen LogP contribution in [0.1, 0.15) is 5.56 Å². The highest BCUT2D eigenvalue weighted by molar-refractivity contribution is 6.01. The van der Waals surface area contributed by atoms with Crippen LogP contribution in [0.5, 0.6) is 5.75 Å². The van der Waals surface area contributed by atoms with Gasteiger partial charge in [0.1, 0.15) is 17.4 Å². The molecule has 0 saturated heterocycles. The van der Waals surface area contributed by atoms with Crippen LogP contribution in [-0.2, 0) is 9.53 Å². The second-order valence-electron chi connectivity index (χ2n) is 3.51. The van der Waals surface area contributed by atoms with Crippen molar-refractivity contribution < 1.29 is 14.6 Å². The lowest BCUT2D eigenvalue weighted by Crippen LogP contribution is -2.27. The number of rotatable bonds is 5. The van der Waals surface area contributed by atoms with Gasteiger partial charge in [0.15, 0.2) is 0 Å². The summed E-state index contributed by atoms with van der Waals surface area (Å²) in [5, 5.41) is 20.7. The first-order valence-corrected chi connectivity index (χ1v) is 5.35. The number of methoxy groups -OCH3 is 1. The standard InChI is InChI=1S/C13H14N2O3/c1-18-6-5-15-13(17)11(9-14)7-10-3-2-4-12(16)8-10/h2-4,7-8,16H,5-6H2,1H3,(H,15,17)/b11-7+. The molecule has 0 heterocycles. The monoisotopic (exact) mass is 246 g/mol. The lowest BCUT2D eigenvalue weighted by molar-refractivity contribution is -0.117.